The first-order valence-corrected chi connectivity index (χ1v) is 8.06. The van der Waals surface area contributed by atoms with Crippen LogP contribution >= 0.6 is 11.3 Å². The van der Waals surface area contributed by atoms with E-state index in [-0.39, 0.29) is 0 Å². The van der Waals surface area contributed by atoms with Gasteiger partial charge in [-0.15, -0.1) is 10.2 Å². The Morgan fingerprint density at radius 3 is 2.59 bits per heavy atom. The van der Waals surface area contributed by atoms with Crippen LogP contribution in [0.1, 0.15) is 16.7 Å². The minimum absolute atomic E-state index is 0.808. The molecular weight excluding hydrogens is 292 g/mol. The van der Waals surface area contributed by atoms with Crippen molar-refractivity contribution < 1.29 is 0 Å². The maximum atomic E-state index is 4.89. The third-order valence-electron chi connectivity index (χ3n) is 3.70. The van der Waals surface area contributed by atoms with E-state index in [1.165, 1.54) is 22.5 Å². The zero-order chi connectivity index (χ0) is 14.8. The molecular formula is C17H14N4S. The Bertz CT molecular complexity index is 797. The van der Waals surface area contributed by atoms with Gasteiger partial charge in [0.05, 0.1) is 5.71 Å². The first-order valence-electron chi connectivity index (χ1n) is 7.18. The van der Waals surface area contributed by atoms with Crippen molar-refractivity contribution in [1.82, 2.24) is 10.2 Å². The minimum atomic E-state index is 0.808. The quantitative estimate of drug-likeness (QED) is 0.729. The monoisotopic (exact) mass is 306 g/mol. The number of fused-ring (bicyclic) bond motifs is 1. The van der Waals surface area contributed by atoms with E-state index in [1.807, 2.05) is 23.2 Å². The molecule has 0 bridgehead atoms. The van der Waals surface area contributed by atoms with Crippen LogP contribution in [0.15, 0.2) is 65.2 Å². The second-order valence-electron chi connectivity index (χ2n) is 5.07. The Morgan fingerprint density at radius 1 is 0.955 bits per heavy atom. The van der Waals surface area contributed by atoms with Gasteiger partial charge in [-0.1, -0.05) is 65.9 Å². The van der Waals surface area contributed by atoms with Gasteiger partial charge in [-0.05, 0) is 12.0 Å². The highest BCUT2D eigenvalue weighted by Gasteiger charge is 2.19. The number of hydrazone groups is 1. The van der Waals surface area contributed by atoms with Gasteiger partial charge >= 0.3 is 0 Å². The summed E-state index contributed by atoms with van der Waals surface area (Å²) in [6.07, 6.45) is 0.940. The minimum Gasteiger partial charge on any atom is -0.237 e. The number of rotatable bonds is 2. The van der Waals surface area contributed by atoms with Gasteiger partial charge in [-0.3, -0.25) is 0 Å². The van der Waals surface area contributed by atoms with Crippen LogP contribution in [0.25, 0.3) is 0 Å². The van der Waals surface area contributed by atoms with Crippen molar-refractivity contribution >= 4 is 22.2 Å². The topological polar surface area (TPSA) is 41.4 Å². The van der Waals surface area contributed by atoms with E-state index in [0.717, 1.165) is 29.4 Å². The van der Waals surface area contributed by atoms with E-state index >= 15 is 0 Å². The summed E-state index contributed by atoms with van der Waals surface area (Å²) < 4.78 is 0. The lowest BCUT2D eigenvalue weighted by Gasteiger charge is -2.14. The molecule has 0 spiro atoms. The van der Waals surface area contributed by atoms with Crippen LogP contribution in [0.5, 0.6) is 0 Å². The first kappa shape index (κ1) is 13.2. The zero-order valence-electron chi connectivity index (χ0n) is 11.9. The van der Waals surface area contributed by atoms with E-state index in [4.69, 9.17) is 5.10 Å². The van der Waals surface area contributed by atoms with Gasteiger partial charge in [0.1, 0.15) is 5.51 Å². The number of hydrogen-bond donors (Lipinski definition) is 0. The van der Waals surface area contributed by atoms with Crippen molar-refractivity contribution in [2.24, 2.45) is 5.10 Å². The van der Waals surface area contributed by atoms with Crippen molar-refractivity contribution in [1.29, 1.82) is 0 Å². The van der Waals surface area contributed by atoms with Gasteiger partial charge in [-0.2, -0.15) is 5.10 Å². The second kappa shape index (κ2) is 5.69. The lowest BCUT2D eigenvalue weighted by Crippen LogP contribution is -2.19. The molecule has 0 fully saturated rings. The molecule has 3 aromatic rings. The molecule has 2 heterocycles. The van der Waals surface area contributed by atoms with Crippen molar-refractivity contribution in [3.05, 3.63) is 76.8 Å². The second-order valence-corrected chi connectivity index (χ2v) is 5.88. The molecule has 1 aliphatic heterocycles. The summed E-state index contributed by atoms with van der Waals surface area (Å²) in [6.45, 7) is 0.808. The van der Waals surface area contributed by atoms with E-state index in [0.29, 0.717) is 0 Å². The summed E-state index contributed by atoms with van der Waals surface area (Å²) in [5, 5.41) is 15.8. The molecule has 108 valence electrons. The molecule has 4 nitrogen and oxygen atoms in total. The van der Waals surface area contributed by atoms with Gasteiger partial charge in [0.15, 0.2) is 0 Å². The van der Waals surface area contributed by atoms with Crippen LogP contribution in [0, 0.1) is 0 Å². The third-order valence-corrected chi connectivity index (χ3v) is 4.41. The van der Waals surface area contributed by atoms with Gasteiger partial charge in [0.2, 0.25) is 5.13 Å². The average molecular weight is 306 g/mol. The van der Waals surface area contributed by atoms with Crippen LogP contribution in [-0.2, 0) is 6.42 Å². The molecule has 0 atom stereocenters. The van der Waals surface area contributed by atoms with Crippen LogP contribution in [-0.4, -0.2) is 22.5 Å². The Morgan fingerprint density at radius 2 is 1.77 bits per heavy atom. The number of hydrogen-bond acceptors (Lipinski definition) is 5. The lowest BCUT2D eigenvalue weighted by atomic mass is 9.96. The molecule has 0 radical (unpaired) electrons. The van der Waals surface area contributed by atoms with E-state index in [1.54, 1.807) is 5.51 Å². The van der Waals surface area contributed by atoms with Crippen LogP contribution in [0.2, 0.25) is 0 Å². The van der Waals surface area contributed by atoms with Crippen molar-refractivity contribution in [3.63, 3.8) is 0 Å². The zero-order valence-corrected chi connectivity index (χ0v) is 12.7. The molecule has 2 aromatic carbocycles. The Kier molecular flexibility index (Phi) is 3.40. The number of aromatic nitrogens is 2. The largest absolute Gasteiger partial charge is 0.237 e. The standard InChI is InChI=1S/C17H14N4S/c1-2-7-14(8-3-1)16-15-9-5-4-6-13(15)10-11-21(20-16)17-19-18-12-22-17/h1-9,12H,10-11H2. The van der Waals surface area contributed by atoms with Crippen LogP contribution < -0.4 is 5.01 Å². The summed E-state index contributed by atoms with van der Waals surface area (Å²) in [7, 11) is 0. The Labute approximate surface area is 132 Å². The summed E-state index contributed by atoms with van der Waals surface area (Å²) in [6, 6.07) is 18.8. The van der Waals surface area contributed by atoms with Crippen molar-refractivity contribution in [2.75, 3.05) is 11.6 Å². The molecule has 0 saturated carbocycles. The molecule has 5 heteroatoms. The SMILES string of the molecule is c1ccc(C2=NN(c3nncs3)CCc3ccccc32)cc1. The maximum Gasteiger partial charge on any atom is 0.228 e. The van der Waals surface area contributed by atoms with Crippen LogP contribution in [0.4, 0.5) is 5.13 Å². The third kappa shape index (κ3) is 2.40. The molecule has 1 aliphatic rings. The van der Waals surface area contributed by atoms with Crippen molar-refractivity contribution in [3.8, 4) is 0 Å². The molecule has 4 rings (SSSR count). The van der Waals surface area contributed by atoms with Gasteiger partial charge < -0.3 is 0 Å². The number of benzene rings is 2. The van der Waals surface area contributed by atoms with Gasteiger partial charge in [0, 0.05) is 17.7 Å². The average Bonchev–Trinajstić information content (AvgIpc) is 3.04. The predicted molar refractivity (Wildman–Crippen MR) is 89.5 cm³/mol. The summed E-state index contributed by atoms with van der Waals surface area (Å²) >= 11 is 1.51. The van der Waals surface area contributed by atoms with Crippen molar-refractivity contribution in [2.45, 2.75) is 6.42 Å². The molecule has 0 aliphatic carbocycles. The highest BCUT2D eigenvalue weighted by Crippen LogP contribution is 2.24. The molecule has 22 heavy (non-hydrogen) atoms. The normalized spacial score (nSPS) is 14.2. The van der Waals surface area contributed by atoms with Gasteiger partial charge in [0.25, 0.3) is 0 Å². The van der Waals surface area contributed by atoms with Gasteiger partial charge in [-0.25, -0.2) is 5.01 Å². The summed E-state index contributed by atoms with van der Waals surface area (Å²) in [4.78, 5) is 0. The summed E-state index contributed by atoms with van der Waals surface area (Å²) in [5.41, 5.74) is 6.36. The smallest absolute Gasteiger partial charge is 0.228 e. The van der Waals surface area contributed by atoms with E-state index < -0.39 is 0 Å². The lowest BCUT2D eigenvalue weighted by molar-refractivity contribution is 0.821. The molecule has 0 unspecified atom stereocenters. The molecule has 0 amide bonds. The Balaban J connectivity index is 1.87. The Hall–Kier alpha value is -2.53. The maximum absolute atomic E-state index is 4.89. The molecule has 0 saturated heterocycles. The predicted octanol–water partition coefficient (Wildman–Crippen LogP) is 3.35. The highest BCUT2D eigenvalue weighted by molar-refractivity contribution is 7.13. The molecule has 1 aromatic heterocycles. The van der Waals surface area contributed by atoms with Crippen LogP contribution in [0.3, 0.4) is 0 Å². The number of anilines is 1. The fourth-order valence-corrected chi connectivity index (χ4v) is 3.18. The highest BCUT2D eigenvalue weighted by atomic mass is 32.1. The fraction of sp³-hybridized carbons (Fsp3) is 0.118. The summed E-state index contributed by atoms with van der Waals surface area (Å²) in [5.74, 6) is 0. The van der Waals surface area contributed by atoms with E-state index in [9.17, 15) is 0 Å². The first-order chi connectivity index (χ1) is 10.9. The van der Waals surface area contributed by atoms with E-state index in [2.05, 4.69) is 46.6 Å². The fourth-order valence-electron chi connectivity index (χ4n) is 2.65. The number of nitrogens with zero attached hydrogens (tertiary/aromatic N) is 4. The molecule has 0 N–H and O–H groups in total.